The minimum absolute atomic E-state index is 0.0463. The van der Waals surface area contributed by atoms with E-state index in [1.54, 1.807) is 18.3 Å². The van der Waals surface area contributed by atoms with Crippen LogP contribution in [0.25, 0.3) is 23.3 Å². The summed E-state index contributed by atoms with van der Waals surface area (Å²) in [6.45, 7) is 1.32. The highest BCUT2D eigenvalue weighted by molar-refractivity contribution is 5.79. The van der Waals surface area contributed by atoms with Crippen molar-refractivity contribution in [1.29, 1.82) is 5.26 Å². The molecule has 29 heavy (non-hydrogen) atoms. The molecule has 1 unspecified atom stereocenters. The molecule has 2 aromatic carbocycles. The Morgan fingerprint density at radius 3 is 2.72 bits per heavy atom. The number of ether oxygens (including phenoxy) is 1. The zero-order valence-corrected chi connectivity index (χ0v) is 15.8. The molecule has 1 aromatic heterocycles. The largest absolute Gasteiger partial charge is 0.453 e. The Hall–Kier alpha value is -3.75. The summed E-state index contributed by atoms with van der Waals surface area (Å²) in [6, 6.07) is 17.1. The van der Waals surface area contributed by atoms with Crippen molar-refractivity contribution in [3.63, 3.8) is 0 Å². The Kier molecular flexibility index (Phi) is 4.94. The summed E-state index contributed by atoms with van der Waals surface area (Å²) in [7, 11) is 0. The molecule has 0 bridgehead atoms. The molecule has 1 N–H and O–H groups in total. The standard InChI is InChI=1S/C24H18N2O3/c1-15(28)29-24-21-7-3-6-18(12-25)20(21)8-9-23-22(24)11-19(13-26-23)17-5-2-4-16(10-17)14-27/h2-11,13,24,27H,14H2,1H3. The van der Waals surface area contributed by atoms with Crippen LogP contribution in [0.3, 0.4) is 0 Å². The molecule has 0 amide bonds. The van der Waals surface area contributed by atoms with Crippen LogP contribution in [0.1, 0.15) is 46.5 Å². The van der Waals surface area contributed by atoms with Gasteiger partial charge in [-0.2, -0.15) is 5.26 Å². The van der Waals surface area contributed by atoms with Crippen LogP contribution in [0.15, 0.2) is 54.7 Å². The van der Waals surface area contributed by atoms with Gasteiger partial charge < -0.3 is 9.84 Å². The van der Waals surface area contributed by atoms with Gasteiger partial charge in [0.25, 0.3) is 0 Å². The maximum absolute atomic E-state index is 11.9. The topological polar surface area (TPSA) is 83.2 Å². The van der Waals surface area contributed by atoms with Gasteiger partial charge in [0.1, 0.15) is 0 Å². The van der Waals surface area contributed by atoms with Crippen molar-refractivity contribution in [2.24, 2.45) is 0 Å². The third kappa shape index (κ3) is 3.54. The van der Waals surface area contributed by atoms with Crippen molar-refractivity contribution in [2.75, 3.05) is 0 Å². The molecule has 3 aromatic rings. The average molecular weight is 382 g/mol. The first-order valence-corrected chi connectivity index (χ1v) is 9.19. The number of carbonyl (C=O) groups is 1. The number of nitrogens with zero attached hydrogens (tertiary/aromatic N) is 2. The highest BCUT2D eigenvalue weighted by atomic mass is 16.5. The predicted molar refractivity (Wildman–Crippen MR) is 109 cm³/mol. The van der Waals surface area contributed by atoms with Crippen molar-refractivity contribution >= 4 is 18.1 Å². The maximum atomic E-state index is 11.9. The van der Waals surface area contributed by atoms with Gasteiger partial charge in [-0.1, -0.05) is 36.4 Å². The fraction of sp³-hybridized carbons (Fsp3) is 0.125. The number of fused-ring (bicyclic) bond motifs is 2. The molecular weight excluding hydrogens is 364 g/mol. The number of hydrogen-bond acceptors (Lipinski definition) is 5. The highest BCUT2D eigenvalue weighted by Gasteiger charge is 2.26. The Labute approximate surface area is 168 Å². The SMILES string of the molecule is CC(=O)OC1c2cc(-c3cccc(CO)c3)cnc2C=Cc2c(C#N)cccc21. The number of carbonyl (C=O) groups excluding carboxylic acids is 1. The van der Waals surface area contributed by atoms with E-state index in [9.17, 15) is 15.2 Å². The summed E-state index contributed by atoms with van der Waals surface area (Å²) >= 11 is 0. The van der Waals surface area contributed by atoms with E-state index < -0.39 is 12.1 Å². The fourth-order valence-electron chi connectivity index (χ4n) is 3.57. The van der Waals surface area contributed by atoms with Crippen molar-refractivity contribution in [1.82, 2.24) is 4.98 Å². The molecule has 0 radical (unpaired) electrons. The third-order valence-corrected chi connectivity index (χ3v) is 4.91. The smallest absolute Gasteiger partial charge is 0.303 e. The molecule has 5 heteroatoms. The number of benzene rings is 2. The number of nitriles is 1. The van der Waals surface area contributed by atoms with Gasteiger partial charge in [0, 0.05) is 29.8 Å². The van der Waals surface area contributed by atoms with E-state index in [4.69, 9.17) is 4.74 Å². The van der Waals surface area contributed by atoms with E-state index >= 15 is 0 Å². The third-order valence-electron chi connectivity index (χ3n) is 4.91. The normalized spacial score (nSPS) is 14.3. The number of aliphatic hydroxyl groups excluding tert-OH is 1. The van der Waals surface area contributed by atoms with Gasteiger partial charge in [-0.25, -0.2) is 0 Å². The number of hydrogen-bond donors (Lipinski definition) is 1. The van der Waals surface area contributed by atoms with E-state index in [0.717, 1.165) is 33.4 Å². The van der Waals surface area contributed by atoms with E-state index in [1.165, 1.54) is 6.92 Å². The molecule has 0 aliphatic heterocycles. The maximum Gasteiger partial charge on any atom is 0.303 e. The molecule has 0 fully saturated rings. The van der Waals surface area contributed by atoms with Gasteiger partial charge >= 0.3 is 5.97 Å². The monoisotopic (exact) mass is 382 g/mol. The van der Waals surface area contributed by atoms with Crippen LogP contribution in [0, 0.1) is 11.3 Å². The number of aromatic nitrogens is 1. The molecule has 5 nitrogen and oxygen atoms in total. The van der Waals surface area contributed by atoms with Crippen LogP contribution in [-0.2, 0) is 16.1 Å². The number of esters is 1. The summed E-state index contributed by atoms with van der Waals surface area (Å²) in [6.07, 6.45) is 4.77. The first-order valence-electron chi connectivity index (χ1n) is 9.19. The quantitative estimate of drug-likeness (QED) is 0.685. The molecular formula is C24H18N2O3. The molecule has 0 spiro atoms. The fourth-order valence-corrected chi connectivity index (χ4v) is 3.57. The Bertz CT molecular complexity index is 1170. The lowest BCUT2D eigenvalue weighted by Gasteiger charge is -2.21. The Morgan fingerprint density at radius 1 is 1.14 bits per heavy atom. The van der Waals surface area contributed by atoms with Gasteiger partial charge in [-0.3, -0.25) is 9.78 Å². The summed E-state index contributed by atoms with van der Waals surface area (Å²) < 4.78 is 5.69. The van der Waals surface area contributed by atoms with Gasteiger partial charge in [0.2, 0.25) is 0 Å². The highest BCUT2D eigenvalue weighted by Crippen LogP contribution is 2.37. The Balaban J connectivity index is 1.91. The van der Waals surface area contributed by atoms with E-state index in [-0.39, 0.29) is 6.61 Å². The van der Waals surface area contributed by atoms with Gasteiger partial charge in [0.15, 0.2) is 6.10 Å². The van der Waals surface area contributed by atoms with Crippen LogP contribution in [-0.4, -0.2) is 16.1 Å². The second-order valence-corrected chi connectivity index (χ2v) is 6.80. The van der Waals surface area contributed by atoms with Crippen molar-refractivity contribution in [3.05, 3.63) is 88.2 Å². The van der Waals surface area contributed by atoms with Gasteiger partial charge in [-0.05, 0) is 41.0 Å². The van der Waals surface area contributed by atoms with Crippen LogP contribution < -0.4 is 0 Å². The van der Waals surface area contributed by atoms with Crippen molar-refractivity contribution < 1.29 is 14.6 Å². The van der Waals surface area contributed by atoms with Crippen LogP contribution in [0.5, 0.6) is 0 Å². The number of pyridine rings is 1. The summed E-state index contributed by atoms with van der Waals surface area (Å²) in [5.74, 6) is -0.413. The van der Waals surface area contributed by atoms with Crippen molar-refractivity contribution in [3.8, 4) is 17.2 Å². The first-order chi connectivity index (χ1) is 14.1. The lowest BCUT2D eigenvalue weighted by molar-refractivity contribution is -0.144. The van der Waals surface area contributed by atoms with Gasteiger partial charge in [0.05, 0.1) is 23.9 Å². The van der Waals surface area contributed by atoms with Crippen molar-refractivity contribution in [2.45, 2.75) is 19.6 Å². The minimum Gasteiger partial charge on any atom is -0.453 e. The minimum atomic E-state index is -0.672. The summed E-state index contributed by atoms with van der Waals surface area (Å²) in [4.78, 5) is 16.5. The zero-order valence-electron chi connectivity index (χ0n) is 15.8. The first kappa shape index (κ1) is 18.6. The summed E-state index contributed by atoms with van der Waals surface area (Å²) in [5.41, 5.74) is 5.98. The van der Waals surface area contributed by atoms with Crippen LogP contribution in [0.4, 0.5) is 0 Å². The molecule has 1 heterocycles. The zero-order chi connectivity index (χ0) is 20.4. The number of rotatable bonds is 3. The molecule has 1 atom stereocenters. The number of aliphatic hydroxyl groups is 1. The molecule has 0 saturated carbocycles. The average Bonchev–Trinajstić information content (AvgIpc) is 2.90. The molecule has 1 aliphatic carbocycles. The van der Waals surface area contributed by atoms with Crippen LogP contribution >= 0.6 is 0 Å². The van der Waals surface area contributed by atoms with E-state index in [1.807, 2.05) is 48.6 Å². The lowest BCUT2D eigenvalue weighted by atomic mass is 9.93. The second-order valence-electron chi connectivity index (χ2n) is 6.80. The molecule has 0 saturated heterocycles. The molecule has 1 aliphatic rings. The summed E-state index contributed by atoms with van der Waals surface area (Å²) in [5, 5.41) is 18.9. The van der Waals surface area contributed by atoms with Gasteiger partial charge in [-0.15, -0.1) is 0 Å². The second kappa shape index (κ2) is 7.70. The predicted octanol–water partition coefficient (Wildman–Crippen LogP) is 4.25. The lowest BCUT2D eigenvalue weighted by Crippen LogP contribution is -2.13. The Morgan fingerprint density at radius 2 is 1.97 bits per heavy atom. The molecule has 142 valence electrons. The van der Waals surface area contributed by atoms with E-state index in [0.29, 0.717) is 11.3 Å². The molecule has 4 rings (SSSR count). The van der Waals surface area contributed by atoms with E-state index in [2.05, 4.69) is 11.1 Å². The van der Waals surface area contributed by atoms with Crippen LogP contribution in [0.2, 0.25) is 0 Å².